The van der Waals surface area contributed by atoms with Crippen molar-refractivity contribution >= 4 is 16.7 Å². The molecule has 2 heterocycles. The summed E-state index contributed by atoms with van der Waals surface area (Å²) in [5.41, 5.74) is 5.67. The average molecular weight is 444 g/mol. The van der Waals surface area contributed by atoms with E-state index in [2.05, 4.69) is 59.5 Å². The number of rotatable bonds is 6. The predicted octanol–water partition coefficient (Wildman–Crippen LogP) is 4.33. The first kappa shape index (κ1) is 21.4. The number of piperazine rings is 1. The Kier molecular flexibility index (Phi) is 5.97. The van der Waals surface area contributed by atoms with E-state index in [1.165, 1.54) is 16.8 Å². The number of methoxy groups -OCH3 is 2. The number of benzene rings is 3. The Bertz CT molecular complexity index is 1240. The summed E-state index contributed by atoms with van der Waals surface area (Å²) in [5, 5.41) is 1.11. The number of ether oxygens (including phenoxy) is 2. The van der Waals surface area contributed by atoms with Crippen molar-refractivity contribution in [3.8, 4) is 22.6 Å². The lowest BCUT2D eigenvalue weighted by Crippen LogP contribution is -3.13. The van der Waals surface area contributed by atoms with Crippen molar-refractivity contribution in [3.05, 3.63) is 78.1 Å². The van der Waals surface area contributed by atoms with Gasteiger partial charge in [0.2, 0.25) is 0 Å². The summed E-state index contributed by atoms with van der Waals surface area (Å²) in [6, 6.07) is 23.1. The predicted molar refractivity (Wildman–Crippen MR) is 133 cm³/mol. The molecule has 0 bridgehead atoms. The highest BCUT2D eigenvalue weighted by atomic mass is 16.5. The molecule has 1 aromatic heterocycles. The van der Waals surface area contributed by atoms with Gasteiger partial charge in [-0.1, -0.05) is 36.4 Å². The zero-order chi connectivity index (χ0) is 22.8. The molecule has 1 N–H and O–H groups in total. The van der Waals surface area contributed by atoms with Crippen LogP contribution in [0.4, 0.5) is 5.69 Å². The number of nitrogens with one attached hydrogen (secondary N) is 1. The van der Waals surface area contributed by atoms with Gasteiger partial charge in [0, 0.05) is 22.7 Å². The molecule has 5 rings (SSSR count). The molecule has 33 heavy (non-hydrogen) atoms. The molecule has 0 radical (unpaired) electrons. The maximum absolute atomic E-state index is 6.19. The number of aryl methyl sites for hydroxylation is 1. The molecule has 0 spiro atoms. The Morgan fingerprint density at radius 1 is 0.909 bits per heavy atom. The first-order valence-corrected chi connectivity index (χ1v) is 11.5. The molecule has 1 aliphatic rings. The van der Waals surface area contributed by atoms with Crippen LogP contribution in [0.2, 0.25) is 0 Å². The van der Waals surface area contributed by atoms with Crippen LogP contribution in [-0.4, -0.2) is 40.4 Å². The fourth-order valence-corrected chi connectivity index (χ4v) is 4.91. The molecule has 0 amide bonds. The summed E-state index contributed by atoms with van der Waals surface area (Å²) in [6.45, 7) is 7.15. The third-order valence-electron chi connectivity index (χ3n) is 6.66. The highest BCUT2D eigenvalue weighted by Gasteiger charge is 2.23. The van der Waals surface area contributed by atoms with E-state index in [1.807, 2.05) is 19.1 Å². The highest BCUT2D eigenvalue weighted by Crippen LogP contribution is 2.37. The van der Waals surface area contributed by atoms with E-state index in [4.69, 9.17) is 13.9 Å². The molecular weight excluding hydrogens is 412 g/mol. The highest BCUT2D eigenvalue weighted by molar-refractivity contribution is 5.97. The molecule has 5 heteroatoms. The number of hydrogen-bond donors (Lipinski definition) is 1. The maximum Gasteiger partial charge on any atom is 0.135 e. The first-order valence-electron chi connectivity index (χ1n) is 11.5. The minimum Gasteiger partial charge on any atom is -0.497 e. The van der Waals surface area contributed by atoms with Crippen LogP contribution in [0.5, 0.6) is 11.5 Å². The summed E-state index contributed by atoms with van der Waals surface area (Å²) in [5.74, 6) is 2.78. The van der Waals surface area contributed by atoms with Gasteiger partial charge in [-0.25, -0.2) is 0 Å². The lowest BCUT2D eigenvalue weighted by molar-refractivity contribution is -0.914. The summed E-state index contributed by atoms with van der Waals surface area (Å²) in [4.78, 5) is 3.99. The largest absolute Gasteiger partial charge is 0.497 e. The number of hydrogen-bond acceptors (Lipinski definition) is 4. The number of quaternary nitrogens is 1. The molecule has 3 aromatic carbocycles. The topological polar surface area (TPSA) is 39.3 Å². The van der Waals surface area contributed by atoms with Crippen molar-refractivity contribution in [3.63, 3.8) is 0 Å². The summed E-state index contributed by atoms with van der Waals surface area (Å²) >= 11 is 0. The van der Waals surface area contributed by atoms with Crippen LogP contribution in [0, 0.1) is 6.92 Å². The summed E-state index contributed by atoms with van der Waals surface area (Å²) < 4.78 is 17.4. The van der Waals surface area contributed by atoms with Crippen LogP contribution < -0.4 is 19.3 Å². The van der Waals surface area contributed by atoms with Gasteiger partial charge in [0.15, 0.2) is 0 Å². The van der Waals surface area contributed by atoms with Crippen LogP contribution in [0.1, 0.15) is 11.3 Å². The number of anilines is 1. The van der Waals surface area contributed by atoms with Crippen molar-refractivity contribution in [1.82, 2.24) is 0 Å². The second-order valence-corrected chi connectivity index (χ2v) is 8.67. The Balaban J connectivity index is 1.35. The fourth-order valence-electron chi connectivity index (χ4n) is 4.91. The van der Waals surface area contributed by atoms with Gasteiger partial charge in [-0.05, 0) is 36.8 Å². The van der Waals surface area contributed by atoms with Crippen molar-refractivity contribution in [1.29, 1.82) is 0 Å². The van der Waals surface area contributed by atoms with Gasteiger partial charge < -0.3 is 23.7 Å². The Labute approximate surface area is 195 Å². The molecule has 0 atom stereocenters. The summed E-state index contributed by atoms with van der Waals surface area (Å²) in [7, 11) is 3.48. The molecule has 5 nitrogen and oxygen atoms in total. The van der Waals surface area contributed by atoms with E-state index < -0.39 is 0 Å². The van der Waals surface area contributed by atoms with Gasteiger partial charge in [-0.3, -0.25) is 0 Å². The zero-order valence-corrected chi connectivity index (χ0v) is 19.6. The lowest BCUT2D eigenvalue weighted by Gasteiger charge is -2.34. The van der Waals surface area contributed by atoms with Gasteiger partial charge in [-0.15, -0.1) is 0 Å². The van der Waals surface area contributed by atoms with Crippen LogP contribution >= 0.6 is 0 Å². The molecule has 0 saturated carbocycles. The second-order valence-electron chi connectivity index (χ2n) is 8.67. The van der Waals surface area contributed by atoms with Crippen LogP contribution in [0.3, 0.4) is 0 Å². The maximum atomic E-state index is 6.19. The minimum atomic E-state index is 0.906. The third kappa shape index (κ3) is 4.29. The smallest absolute Gasteiger partial charge is 0.135 e. The Hall–Kier alpha value is -3.44. The monoisotopic (exact) mass is 443 g/mol. The van der Waals surface area contributed by atoms with E-state index in [0.717, 1.165) is 66.5 Å². The van der Waals surface area contributed by atoms with Crippen molar-refractivity contribution in [2.75, 3.05) is 45.3 Å². The lowest BCUT2D eigenvalue weighted by atomic mass is 10.0. The second kappa shape index (κ2) is 9.20. The van der Waals surface area contributed by atoms with E-state index in [-0.39, 0.29) is 0 Å². The zero-order valence-electron chi connectivity index (χ0n) is 19.6. The third-order valence-corrected chi connectivity index (χ3v) is 6.66. The van der Waals surface area contributed by atoms with Gasteiger partial charge in [0.05, 0.1) is 46.0 Å². The van der Waals surface area contributed by atoms with Crippen LogP contribution in [-0.2, 0) is 6.54 Å². The number of nitrogens with zero attached hydrogens (tertiary/aromatic N) is 1. The van der Waals surface area contributed by atoms with Crippen molar-refractivity contribution < 1.29 is 18.8 Å². The van der Waals surface area contributed by atoms with E-state index in [9.17, 15) is 0 Å². The number of furan rings is 1. The molecule has 0 unspecified atom stereocenters. The van der Waals surface area contributed by atoms with Crippen LogP contribution in [0.15, 0.2) is 71.1 Å². The molecule has 1 aliphatic heterocycles. The molecule has 1 fully saturated rings. The summed E-state index contributed by atoms with van der Waals surface area (Å²) in [6.07, 6.45) is 0. The number of fused-ring (bicyclic) bond motifs is 1. The van der Waals surface area contributed by atoms with E-state index in [1.54, 1.807) is 19.1 Å². The van der Waals surface area contributed by atoms with Gasteiger partial charge in [0.1, 0.15) is 29.4 Å². The van der Waals surface area contributed by atoms with E-state index >= 15 is 0 Å². The van der Waals surface area contributed by atoms with Crippen LogP contribution in [0.25, 0.3) is 22.1 Å². The molecule has 4 aromatic rings. The molecule has 0 aliphatic carbocycles. The van der Waals surface area contributed by atoms with Gasteiger partial charge in [0.25, 0.3) is 0 Å². The normalized spacial score (nSPS) is 14.6. The van der Waals surface area contributed by atoms with Crippen molar-refractivity contribution in [2.24, 2.45) is 0 Å². The van der Waals surface area contributed by atoms with Crippen molar-refractivity contribution in [2.45, 2.75) is 13.5 Å². The molecular formula is C28H31N2O3+. The Morgan fingerprint density at radius 2 is 1.70 bits per heavy atom. The first-order chi connectivity index (χ1) is 16.2. The molecule has 1 saturated heterocycles. The average Bonchev–Trinajstić information content (AvgIpc) is 3.19. The Morgan fingerprint density at radius 3 is 2.42 bits per heavy atom. The van der Waals surface area contributed by atoms with Gasteiger partial charge >= 0.3 is 0 Å². The molecule has 170 valence electrons. The van der Waals surface area contributed by atoms with E-state index in [0.29, 0.717) is 0 Å². The quantitative estimate of drug-likeness (QED) is 0.482. The minimum absolute atomic E-state index is 0.906. The standard InChI is InChI=1S/C28H30N2O3/c1-20-28(21-8-5-4-6-9-21)25-18-26(32-3)22(16-27(25)33-20)19-29-12-14-30(15-13-29)23-10-7-11-24(17-23)31-2/h4-11,16-18H,12-15,19H2,1-3H3/p+1. The van der Waals surface area contributed by atoms with Gasteiger partial charge in [-0.2, -0.15) is 0 Å². The SMILES string of the molecule is COc1cccc(N2CC[NH+](Cc3cc4oc(C)c(-c5ccccc5)c4cc3OC)CC2)c1. The fraction of sp³-hybridized carbons (Fsp3) is 0.286.